The fourth-order valence-electron chi connectivity index (χ4n) is 0.494. The molecule has 0 saturated carbocycles. The Bertz CT molecular complexity index is 166. The van der Waals surface area contributed by atoms with Gasteiger partial charge in [-0.05, 0) is 20.6 Å². The molecular formula is C8H14N2. The van der Waals surface area contributed by atoms with Crippen molar-refractivity contribution in [3.63, 3.8) is 0 Å². The molecule has 2 heteroatoms. The largest absolute Gasteiger partial charge is 0.249 e. The summed E-state index contributed by atoms with van der Waals surface area (Å²) >= 11 is 0. The first-order chi connectivity index (χ1) is 4.74. The monoisotopic (exact) mass is 138 g/mol. The third kappa shape index (κ3) is 3.17. The molecule has 0 bridgehead atoms. The molecule has 0 unspecified atom stereocenters. The van der Waals surface area contributed by atoms with E-state index in [1.807, 2.05) is 26.8 Å². The minimum atomic E-state index is 0.801. The quantitative estimate of drug-likeness (QED) is 0.413. The van der Waals surface area contributed by atoms with Crippen molar-refractivity contribution in [3.8, 4) is 0 Å². The first-order valence-corrected chi connectivity index (χ1v) is 3.41. The van der Waals surface area contributed by atoms with Crippen molar-refractivity contribution < 1.29 is 0 Å². The lowest BCUT2D eigenvalue weighted by atomic mass is 10.4. The first-order valence-electron chi connectivity index (χ1n) is 3.41. The molecule has 56 valence electrons. The second-order valence-corrected chi connectivity index (χ2v) is 1.97. The van der Waals surface area contributed by atoms with Crippen LogP contribution in [-0.4, -0.2) is 12.6 Å². The van der Waals surface area contributed by atoms with Crippen molar-refractivity contribution in [2.45, 2.75) is 27.2 Å². The van der Waals surface area contributed by atoms with Crippen LogP contribution in [0.15, 0.2) is 21.8 Å². The summed E-state index contributed by atoms with van der Waals surface area (Å²) in [4.78, 5) is 7.93. The van der Waals surface area contributed by atoms with Gasteiger partial charge in [0.1, 0.15) is 5.84 Å². The van der Waals surface area contributed by atoms with Gasteiger partial charge in [-0.15, -0.1) is 0 Å². The predicted molar refractivity (Wildman–Crippen MR) is 46.7 cm³/mol. The number of allylic oxidation sites excluding steroid dienone is 2. The fraction of sp³-hybridized carbons (Fsp3) is 0.500. The highest BCUT2D eigenvalue weighted by Gasteiger charge is 1.88. The van der Waals surface area contributed by atoms with Gasteiger partial charge in [0.2, 0.25) is 0 Å². The Labute approximate surface area is 62.4 Å². The smallest absolute Gasteiger partial charge is 0.127 e. The van der Waals surface area contributed by atoms with Crippen molar-refractivity contribution in [3.05, 3.63) is 11.8 Å². The summed E-state index contributed by atoms with van der Waals surface area (Å²) in [7, 11) is 0. The highest BCUT2D eigenvalue weighted by Crippen LogP contribution is 1.97. The van der Waals surface area contributed by atoms with Gasteiger partial charge in [0.15, 0.2) is 0 Å². The Hall–Kier alpha value is -0.920. The van der Waals surface area contributed by atoms with E-state index in [4.69, 9.17) is 0 Å². The van der Waals surface area contributed by atoms with Crippen molar-refractivity contribution >= 4 is 12.6 Å². The Morgan fingerprint density at radius 1 is 1.60 bits per heavy atom. The van der Waals surface area contributed by atoms with Crippen LogP contribution in [0.1, 0.15) is 27.2 Å². The molecule has 0 aromatic rings. The molecule has 0 rings (SSSR count). The van der Waals surface area contributed by atoms with Crippen LogP contribution in [0.5, 0.6) is 0 Å². The highest BCUT2D eigenvalue weighted by atomic mass is 14.9. The van der Waals surface area contributed by atoms with E-state index < -0.39 is 0 Å². The van der Waals surface area contributed by atoms with Crippen molar-refractivity contribution in [2.75, 3.05) is 0 Å². The molecule has 10 heavy (non-hydrogen) atoms. The normalized spacial score (nSPS) is 13.5. The summed E-state index contributed by atoms with van der Waals surface area (Å²) in [6.45, 7) is 9.32. The van der Waals surface area contributed by atoms with Gasteiger partial charge in [-0.25, -0.2) is 9.98 Å². The van der Waals surface area contributed by atoms with E-state index in [1.165, 1.54) is 0 Å². The molecule has 0 amide bonds. The first kappa shape index (κ1) is 9.08. The standard InChI is InChI=1S/C8H14N2/c1-5-7(3)10-8(6-2)9-4/h5H,4,6H2,1-3H3/b7-5-,10-8?. The summed E-state index contributed by atoms with van der Waals surface area (Å²) in [5, 5.41) is 0. The van der Waals surface area contributed by atoms with Crippen LogP contribution in [0.25, 0.3) is 0 Å². The van der Waals surface area contributed by atoms with Crippen LogP contribution in [0, 0.1) is 0 Å². The highest BCUT2D eigenvalue weighted by molar-refractivity contribution is 5.86. The molecule has 0 atom stereocenters. The number of amidine groups is 1. The minimum Gasteiger partial charge on any atom is -0.249 e. The van der Waals surface area contributed by atoms with Gasteiger partial charge in [0.25, 0.3) is 0 Å². The van der Waals surface area contributed by atoms with Gasteiger partial charge in [-0.3, -0.25) is 0 Å². The van der Waals surface area contributed by atoms with E-state index in [9.17, 15) is 0 Å². The number of rotatable bonds is 2. The molecule has 2 nitrogen and oxygen atoms in total. The molecule has 0 fully saturated rings. The molecule has 0 aliphatic rings. The van der Waals surface area contributed by atoms with E-state index in [0.29, 0.717) is 0 Å². The fourth-order valence-corrected chi connectivity index (χ4v) is 0.494. The molecule has 0 spiro atoms. The van der Waals surface area contributed by atoms with E-state index >= 15 is 0 Å². The van der Waals surface area contributed by atoms with Crippen molar-refractivity contribution in [1.29, 1.82) is 0 Å². The van der Waals surface area contributed by atoms with Crippen LogP contribution in [0.3, 0.4) is 0 Å². The van der Waals surface area contributed by atoms with Gasteiger partial charge in [-0.1, -0.05) is 13.0 Å². The average molecular weight is 138 g/mol. The van der Waals surface area contributed by atoms with Crippen LogP contribution >= 0.6 is 0 Å². The lowest BCUT2D eigenvalue weighted by molar-refractivity contribution is 1.19. The lowest BCUT2D eigenvalue weighted by Crippen LogP contribution is -1.89. The van der Waals surface area contributed by atoms with Crippen LogP contribution in [-0.2, 0) is 0 Å². The maximum Gasteiger partial charge on any atom is 0.127 e. The van der Waals surface area contributed by atoms with Crippen molar-refractivity contribution in [1.82, 2.24) is 0 Å². The van der Waals surface area contributed by atoms with E-state index in [1.54, 1.807) is 0 Å². The summed E-state index contributed by atoms with van der Waals surface area (Å²) in [5.74, 6) is 0.801. The zero-order chi connectivity index (χ0) is 7.98. The Balaban J connectivity index is 4.24. The second kappa shape index (κ2) is 4.91. The molecule has 0 saturated heterocycles. The molecule has 0 aromatic heterocycles. The number of aliphatic imine (C=N–C) groups is 2. The van der Waals surface area contributed by atoms with E-state index in [-0.39, 0.29) is 0 Å². The average Bonchev–Trinajstić information content (AvgIpc) is 1.99. The van der Waals surface area contributed by atoms with Gasteiger partial charge < -0.3 is 0 Å². The number of hydrogen-bond acceptors (Lipinski definition) is 1. The molecule has 0 aliphatic carbocycles. The van der Waals surface area contributed by atoms with Crippen LogP contribution in [0.4, 0.5) is 0 Å². The molecular weight excluding hydrogens is 124 g/mol. The third-order valence-corrected chi connectivity index (χ3v) is 1.22. The molecule has 0 radical (unpaired) electrons. The van der Waals surface area contributed by atoms with Crippen LogP contribution in [0.2, 0.25) is 0 Å². The summed E-state index contributed by atoms with van der Waals surface area (Å²) < 4.78 is 0. The summed E-state index contributed by atoms with van der Waals surface area (Å²) in [6, 6.07) is 0. The zero-order valence-corrected chi connectivity index (χ0v) is 6.89. The maximum absolute atomic E-state index is 4.18. The number of nitrogens with zero attached hydrogens (tertiary/aromatic N) is 2. The SMILES string of the molecule is C=NC(CC)=N/C(C)=C\C. The zero-order valence-electron chi connectivity index (χ0n) is 6.89. The Kier molecular flexibility index (Phi) is 4.46. The second-order valence-electron chi connectivity index (χ2n) is 1.97. The van der Waals surface area contributed by atoms with Crippen molar-refractivity contribution in [2.24, 2.45) is 9.98 Å². The molecule has 0 N–H and O–H groups in total. The summed E-state index contributed by atoms with van der Waals surface area (Å²) in [5.41, 5.74) is 0.990. The minimum absolute atomic E-state index is 0.801. The van der Waals surface area contributed by atoms with Crippen LogP contribution < -0.4 is 0 Å². The Morgan fingerprint density at radius 2 is 2.20 bits per heavy atom. The van der Waals surface area contributed by atoms with E-state index in [0.717, 1.165) is 18.0 Å². The maximum atomic E-state index is 4.18. The third-order valence-electron chi connectivity index (χ3n) is 1.22. The molecule has 0 aliphatic heterocycles. The summed E-state index contributed by atoms with van der Waals surface area (Å²) in [6.07, 6.45) is 2.79. The van der Waals surface area contributed by atoms with Gasteiger partial charge in [0.05, 0.1) is 0 Å². The predicted octanol–water partition coefficient (Wildman–Crippen LogP) is 2.42. The lowest BCUT2D eigenvalue weighted by Gasteiger charge is -1.93. The number of hydrogen-bond donors (Lipinski definition) is 0. The molecule has 0 heterocycles. The van der Waals surface area contributed by atoms with Gasteiger partial charge in [-0.2, -0.15) is 0 Å². The molecule has 0 aromatic carbocycles. The van der Waals surface area contributed by atoms with Gasteiger partial charge >= 0.3 is 0 Å². The van der Waals surface area contributed by atoms with E-state index in [2.05, 4.69) is 16.7 Å². The topological polar surface area (TPSA) is 24.7 Å². The Morgan fingerprint density at radius 3 is 2.50 bits per heavy atom. The van der Waals surface area contributed by atoms with Gasteiger partial charge in [0, 0.05) is 12.1 Å².